The predicted molar refractivity (Wildman–Crippen MR) is 109 cm³/mol. The SMILES string of the molecule is CCNC(=NCc1cc(F)ccc1F)NCC(O)c1ccc(Cl)s1.I. The molecule has 0 radical (unpaired) electrons. The van der Waals surface area contributed by atoms with E-state index in [1.807, 2.05) is 6.92 Å². The number of aliphatic hydroxyl groups excluding tert-OH is 1. The minimum Gasteiger partial charge on any atom is -0.386 e. The highest BCUT2D eigenvalue weighted by Crippen LogP contribution is 2.26. The summed E-state index contributed by atoms with van der Waals surface area (Å²) in [5.41, 5.74) is 0.165. The maximum atomic E-state index is 13.6. The van der Waals surface area contributed by atoms with Crippen molar-refractivity contribution in [2.75, 3.05) is 13.1 Å². The molecule has 0 saturated heterocycles. The Morgan fingerprint density at radius 2 is 2.04 bits per heavy atom. The predicted octanol–water partition coefficient (Wildman–Crippen LogP) is 4.09. The Balaban J connectivity index is 0.00000312. The van der Waals surface area contributed by atoms with Crippen LogP contribution in [0.4, 0.5) is 8.78 Å². The number of benzene rings is 1. The van der Waals surface area contributed by atoms with E-state index in [9.17, 15) is 13.9 Å². The molecule has 0 amide bonds. The van der Waals surface area contributed by atoms with Crippen LogP contribution in [-0.2, 0) is 6.54 Å². The second-order valence-corrected chi connectivity index (χ2v) is 6.72. The average Bonchev–Trinajstić information content (AvgIpc) is 2.99. The van der Waals surface area contributed by atoms with E-state index in [1.165, 1.54) is 11.3 Å². The van der Waals surface area contributed by atoms with Gasteiger partial charge in [0.25, 0.3) is 0 Å². The van der Waals surface area contributed by atoms with E-state index in [0.29, 0.717) is 16.8 Å². The molecular weight excluding hydrogens is 483 g/mol. The highest BCUT2D eigenvalue weighted by molar-refractivity contribution is 14.0. The fourth-order valence-corrected chi connectivity index (χ4v) is 3.02. The molecule has 0 aliphatic rings. The standard InChI is InChI=1S/C16H18ClF2N3OS.HI/c1-2-20-16(21-8-10-7-11(18)3-4-12(10)19)22-9-13(23)14-5-6-15(17)24-14;/h3-7,13,23H,2,8-9H2,1H3,(H2,20,21,22);1H. The maximum Gasteiger partial charge on any atom is 0.191 e. The van der Waals surface area contributed by atoms with Crippen molar-refractivity contribution in [1.29, 1.82) is 0 Å². The van der Waals surface area contributed by atoms with E-state index >= 15 is 0 Å². The molecule has 1 atom stereocenters. The number of nitrogens with zero attached hydrogens (tertiary/aromatic N) is 1. The molecule has 1 unspecified atom stereocenters. The summed E-state index contributed by atoms with van der Waals surface area (Å²) in [4.78, 5) is 4.95. The lowest BCUT2D eigenvalue weighted by molar-refractivity contribution is 0.184. The molecule has 1 aromatic carbocycles. The number of hydrogen-bond donors (Lipinski definition) is 3. The van der Waals surface area contributed by atoms with Gasteiger partial charge in [-0.25, -0.2) is 13.8 Å². The van der Waals surface area contributed by atoms with Crippen molar-refractivity contribution in [1.82, 2.24) is 10.6 Å². The summed E-state index contributed by atoms with van der Waals surface area (Å²) in [5, 5.41) is 16.1. The highest BCUT2D eigenvalue weighted by Gasteiger charge is 2.11. The van der Waals surface area contributed by atoms with E-state index in [4.69, 9.17) is 11.6 Å². The van der Waals surface area contributed by atoms with Crippen molar-refractivity contribution in [2.45, 2.75) is 19.6 Å². The molecule has 0 saturated carbocycles. The molecule has 0 aliphatic carbocycles. The monoisotopic (exact) mass is 501 g/mol. The van der Waals surface area contributed by atoms with Gasteiger partial charge in [-0.1, -0.05) is 11.6 Å². The van der Waals surface area contributed by atoms with Crippen molar-refractivity contribution in [2.24, 2.45) is 4.99 Å². The molecule has 1 heterocycles. The van der Waals surface area contributed by atoms with Crippen LogP contribution in [0.1, 0.15) is 23.5 Å². The van der Waals surface area contributed by atoms with Crippen LogP contribution in [0.3, 0.4) is 0 Å². The molecule has 138 valence electrons. The van der Waals surface area contributed by atoms with Crippen LogP contribution in [0.15, 0.2) is 35.3 Å². The van der Waals surface area contributed by atoms with Crippen LogP contribution < -0.4 is 10.6 Å². The Morgan fingerprint density at radius 1 is 1.28 bits per heavy atom. The van der Waals surface area contributed by atoms with Crippen molar-refractivity contribution in [3.63, 3.8) is 0 Å². The summed E-state index contributed by atoms with van der Waals surface area (Å²) >= 11 is 7.15. The lowest BCUT2D eigenvalue weighted by Gasteiger charge is -2.14. The lowest BCUT2D eigenvalue weighted by Crippen LogP contribution is -2.39. The number of aliphatic imine (C=N–C) groups is 1. The van der Waals surface area contributed by atoms with Gasteiger partial charge in [0.1, 0.15) is 17.7 Å². The molecule has 0 bridgehead atoms. The first-order valence-corrected chi connectivity index (χ1v) is 8.58. The molecule has 2 aromatic rings. The molecule has 0 aliphatic heterocycles. The van der Waals surface area contributed by atoms with Gasteiger partial charge in [0.15, 0.2) is 5.96 Å². The van der Waals surface area contributed by atoms with E-state index in [2.05, 4.69) is 15.6 Å². The minimum atomic E-state index is -0.739. The maximum absolute atomic E-state index is 13.6. The van der Waals surface area contributed by atoms with Crippen molar-refractivity contribution in [3.05, 3.63) is 56.7 Å². The zero-order chi connectivity index (χ0) is 17.5. The van der Waals surface area contributed by atoms with E-state index < -0.39 is 17.7 Å². The molecule has 1 aromatic heterocycles. The smallest absolute Gasteiger partial charge is 0.191 e. The van der Waals surface area contributed by atoms with Crippen LogP contribution in [0, 0.1) is 11.6 Å². The van der Waals surface area contributed by atoms with Crippen LogP contribution >= 0.6 is 46.9 Å². The van der Waals surface area contributed by atoms with Gasteiger partial charge in [-0.05, 0) is 37.3 Å². The summed E-state index contributed by atoms with van der Waals surface area (Å²) in [6.07, 6.45) is -0.739. The van der Waals surface area contributed by atoms with Gasteiger partial charge in [-0.3, -0.25) is 0 Å². The number of hydrogen-bond acceptors (Lipinski definition) is 3. The minimum absolute atomic E-state index is 0. The zero-order valence-electron chi connectivity index (χ0n) is 13.4. The van der Waals surface area contributed by atoms with Gasteiger partial charge in [0, 0.05) is 23.5 Å². The number of rotatable bonds is 6. The number of nitrogens with one attached hydrogen (secondary N) is 2. The summed E-state index contributed by atoms with van der Waals surface area (Å²) in [6, 6.07) is 6.73. The third-order valence-corrected chi connectivity index (χ3v) is 4.48. The second kappa shape index (κ2) is 10.9. The van der Waals surface area contributed by atoms with Crippen LogP contribution in [-0.4, -0.2) is 24.2 Å². The van der Waals surface area contributed by atoms with Gasteiger partial charge in [0.2, 0.25) is 0 Å². The molecule has 9 heteroatoms. The molecular formula is C16H19ClF2IN3OS. The number of halogens is 4. The Morgan fingerprint density at radius 3 is 2.68 bits per heavy atom. The Kier molecular flexibility index (Phi) is 9.62. The molecule has 4 nitrogen and oxygen atoms in total. The fourth-order valence-electron chi connectivity index (χ4n) is 1.97. The summed E-state index contributed by atoms with van der Waals surface area (Å²) in [7, 11) is 0. The Hall–Kier alpha value is -0.970. The summed E-state index contributed by atoms with van der Waals surface area (Å²) in [6.45, 7) is 2.68. The summed E-state index contributed by atoms with van der Waals surface area (Å²) in [5.74, 6) is -0.614. The number of guanidine groups is 1. The fraction of sp³-hybridized carbons (Fsp3) is 0.312. The molecule has 0 fully saturated rings. The zero-order valence-corrected chi connectivity index (χ0v) is 17.3. The molecule has 3 N–H and O–H groups in total. The van der Waals surface area contributed by atoms with Gasteiger partial charge >= 0.3 is 0 Å². The quantitative estimate of drug-likeness (QED) is 0.318. The highest BCUT2D eigenvalue weighted by atomic mass is 127. The van der Waals surface area contributed by atoms with Gasteiger partial charge in [0.05, 0.1) is 10.9 Å². The van der Waals surface area contributed by atoms with E-state index in [1.54, 1.807) is 12.1 Å². The third kappa shape index (κ3) is 7.04. The first kappa shape index (κ1) is 22.1. The van der Waals surface area contributed by atoms with Gasteiger partial charge < -0.3 is 15.7 Å². The van der Waals surface area contributed by atoms with Crippen molar-refractivity contribution in [3.8, 4) is 0 Å². The number of aliphatic hydroxyl groups is 1. The third-order valence-electron chi connectivity index (χ3n) is 3.14. The normalized spacial score (nSPS) is 12.4. The van der Waals surface area contributed by atoms with Gasteiger partial charge in [-0.2, -0.15) is 0 Å². The first-order chi connectivity index (χ1) is 11.5. The van der Waals surface area contributed by atoms with Crippen LogP contribution in [0.25, 0.3) is 0 Å². The second-order valence-electron chi connectivity index (χ2n) is 4.97. The van der Waals surface area contributed by atoms with Crippen molar-refractivity contribution < 1.29 is 13.9 Å². The van der Waals surface area contributed by atoms with Crippen LogP contribution in [0.5, 0.6) is 0 Å². The van der Waals surface area contributed by atoms with E-state index in [0.717, 1.165) is 23.1 Å². The number of thiophene rings is 1. The van der Waals surface area contributed by atoms with E-state index in [-0.39, 0.29) is 42.6 Å². The molecule has 25 heavy (non-hydrogen) atoms. The lowest BCUT2D eigenvalue weighted by atomic mass is 10.2. The Bertz CT molecular complexity index is 714. The largest absolute Gasteiger partial charge is 0.386 e. The summed E-state index contributed by atoms with van der Waals surface area (Å²) < 4.78 is 27.4. The molecule has 2 rings (SSSR count). The van der Waals surface area contributed by atoms with Gasteiger partial charge in [-0.15, -0.1) is 35.3 Å². The van der Waals surface area contributed by atoms with Crippen molar-refractivity contribution >= 4 is 52.9 Å². The Labute approximate surface area is 171 Å². The molecule has 0 spiro atoms. The topological polar surface area (TPSA) is 56.7 Å². The first-order valence-electron chi connectivity index (χ1n) is 7.39. The average molecular weight is 502 g/mol. The van der Waals surface area contributed by atoms with Crippen LogP contribution in [0.2, 0.25) is 4.34 Å².